The van der Waals surface area contributed by atoms with E-state index in [1.54, 1.807) is 7.11 Å². The van der Waals surface area contributed by atoms with Gasteiger partial charge in [0.2, 0.25) is 5.91 Å². The fourth-order valence-corrected chi connectivity index (χ4v) is 2.69. The van der Waals surface area contributed by atoms with Crippen LogP contribution in [0.3, 0.4) is 0 Å². The second kappa shape index (κ2) is 5.99. The summed E-state index contributed by atoms with van der Waals surface area (Å²) < 4.78 is 11.0. The van der Waals surface area contributed by atoms with Gasteiger partial charge in [-0.25, -0.2) is 0 Å². The third-order valence-electron chi connectivity index (χ3n) is 3.92. The zero-order valence-corrected chi connectivity index (χ0v) is 11.4. The number of likely N-dealkylation sites (tertiary alicyclic amines) is 1. The van der Waals surface area contributed by atoms with E-state index < -0.39 is 0 Å². The van der Waals surface area contributed by atoms with Crippen molar-refractivity contribution >= 4 is 5.91 Å². The molecule has 2 rings (SSSR count). The molecule has 0 aromatic heterocycles. The second-order valence-electron chi connectivity index (χ2n) is 5.24. The van der Waals surface area contributed by atoms with Crippen molar-refractivity contribution in [3.05, 3.63) is 0 Å². The molecule has 0 spiro atoms. The highest BCUT2D eigenvalue weighted by molar-refractivity contribution is 5.84. The lowest BCUT2D eigenvalue weighted by atomic mass is 10.0. The van der Waals surface area contributed by atoms with E-state index in [9.17, 15) is 4.79 Å². The standard InChI is InChI=1S/C13H24N2O3/c1-3-6-14-11-4-7-15(12(11)16)9-13(17-2)5-8-18-10-13/h11,14H,3-10H2,1-2H3. The minimum Gasteiger partial charge on any atom is -0.378 e. The minimum atomic E-state index is -0.282. The van der Waals surface area contributed by atoms with Crippen molar-refractivity contribution in [2.45, 2.75) is 37.8 Å². The maximum absolute atomic E-state index is 12.2. The van der Waals surface area contributed by atoms with E-state index in [1.165, 1.54) is 0 Å². The highest BCUT2D eigenvalue weighted by Gasteiger charge is 2.41. The average Bonchev–Trinajstić information content (AvgIpc) is 2.98. The average molecular weight is 256 g/mol. The monoisotopic (exact) mass is 256 g/mol. The molecule has 0 bridgehead atoms. The van der Waals surface area contributed by atoms with Crippen molar-refractivity contribution in [1.29, 1.82) is 0 Å². The number of nitrogens with one attached hydrogen (secondary N) is 1. The van der Waals surface area contributed by atoms with Crippen molar-refractivity contribution < 1.29 is 14.3 Å². The Hall–Kier alpha value is -0.650. The minimum absolute atomic E-state index is 0.00109. The van der Waals surface area contributed by atoms with E-state index >= 15 is 0 Å². The van der Waals surface area contributed by atoms with Crippen LogP contribution < -0.4 is 5.32 Å². The largest absolute Gasteiger partial charge is 0.378 e. The van der Waals surface area contributed by atoms with E-state index in [4.69, 9.17) is 9.47 Å². The van der Waals surface area contributed by atoms with Gasteiger partial charge >= 0.3 is 0 Å². The van der Waals surface area contributed by atoms with Crippen LogP contribution >= 0.6 is 0 Å². The highest BCUT2D eigenvalue weighted by atomic mass is 16.5. The molecule has 2 heterocycles. The number of carbonyl (C=O) groups is 1. The number of methoxy groups -OCH3 is 1. The van der Waals surface area contributed by atoms with Crippen molar-refractivity contribution in [3.63, 3.8) is 0 Å². The summed E-state index contributed by atoms with van der Waals surface area (Å²) in [6.07, 6.45) is 2.83. The lowest BCUT2D eigenvalue weighted by Gasteiger charge is -2.31. The summed E-state index contributed by atoms with van der Waals surface area (Å²) in [6, 6.07) is 0.00109. The van der Waals surface area contributed by atoms with E-state index in [2.05, 4.69) is 12.2 Å². The van der Waals surface area contributed by atoms with E-state index in [0.717, 1.165) is 39.0 Å². The van der Waals surface area contributed by atoms with Gasteiger partial charge in [0.15, 0.2) is 0 Å². The van der Waals surface area contributed by atoms with Gasteiger partial charge in [0, 0.05) is 26.7 Å². The molecular formula is C13H24N2O3. The van der Waals surface area contributed by atoms with Crippen LogP contribution in [0, 0.1) is 0 Å². The van der Waals surface area contributed by atoms with Gasteiger partial charge in [-0.3, -0.25) is 4.79 Å². The molecule has 2 fully saturated rings. The Morgan fingerprint density at radius 2 is 2.44 bits per heavy atom. The predicted molar refractivity (Wildman–Crippen MR) is 68.5 cm³/mol. The molecule has 5 heteroatoms. The van der Waals surface area contributed by atoms with Crippen LogP contribution in [0.4, 0.5) is 0 Å². The smallest absolute Gasteiger partial charge is 0.239 e. The van der Waals surface area contributed by atoms with Crippen LogP contribution in [-0.4, -0.2) is 62.4 Å². The number of hydrogen-bond acceptors (Lipinski definition) is 4. The van der Waals surface area contributed by atoms with Crippen LogP contribution in [0.15, 0.2) is 0 Å². The van der Waals surface area contributed by atoms with E-state index in [-0.39, 0.29) is 17.6 Å². The Morgan fingerprint density at radius 1 is 1.61 bits per heavy atom. The second-order valence-corrected chi connectivity index (χ2v) is 5.24. The van der Waals surface area contributed by atoms with Crippen LogP contribution in [0.5, 0.6) is 0 Å². The molecule has 0 radical (unpaired) electrons. The zero-order valence-electron chi connectivity index (χ0n) is 11.4. The SMILES string of the molecule is CCCNC1CCN(CC2(OC)CCOC2)C1=O. The molecule has 1 N–H and O–H groups in total. The number of hydrogen-bond donors (Lipinski definition) is 1. The number of carbonyl (C=O) groups excluding carboxylic acids is 1. The van der Waals surface area contributed by atoms with E-state index in [1.807, 2.05) is 4.90 Å². The van der Waals surface area contributed by atoms with Gasteiger partial charge in [-0.1, -0.05) is 6.92 Å². The summed E-state index contributed by atoms with van der Waals surface area (Å²) >= 11 is 0. The Balaban J connectivity index is 1.88. The molecule has 0 aromatic carbocycles. The third kappa shape index (κ3) is 2.84. The molecule has 0 aliphatic carbocycles. The Labute approximate surface area is 109 Å². The molecule has 0 saturated carbocycles. The van der Waals surface area contributed by atoms with Gasteiger partial charge in [0.1, 0.15) is 5.60 Å². The van der Waals surface area contributed by atoms with Crippen molar-refractivity contribution in [3.8, 4) is 0 Å². The molecule has 1 amide bonds. The van der Waals surface area contributed by atoms with Crippen molar-refractivity contribution in [1.82, 2.24) is 10.2 Å². The summed E-state index contributed by atoms with van der Waals surface area (Å²) in [4.78, 5) is 14.1. The van der Waals surface area contributed by atoms with Gasteiger partial charge in [0.05, 0.1) is 19.2 Å². The number of ether oxygens (including phenoxy) is 2. The number of amides is 1. The van der Waals surface area contributed by atoms with Gasteiger partial charge in [-0.2, -0.15) is 0 Å². The normalized spacial score (nSPS) is 32.4. The Bertz CT molecular complexity index is 290. The first-order chi connectivity index (χ1) is 8.71. The maximum Gasteiger partial charge on any atom is 0.239 e. The Kier molecular flexibility index (Phi) is 4.59. The molecule has 5 nitrogen and oxygen atoms in total. The van der Waals surface area contributed by atoms with Gasteiger partial charge < -0.3 is 19.7 Å². The summed E-state index contributed by atoms with van der Waals surface area (Å²) in [5, 5.41) is 3.30. The summed E-state index contributed by atoms with van der Waals surface area (Å²) in [5.41, 5.74) is -0.282. The van der Waals surface area contributed by atoms with Gasteiger partial charge in [-0.05, 0) is 19.4 Å². The first-order valence-corrected chi connectivity index (χ1v) is 6.86. The topological polar surface area (TPSA) is 50.8 Å². The summed E-state index contributed by atoms with van der Waals surface area (Å²) in [5.74, 6) is 0.215. The summed E-state index contributed by atoms with van der Waals surface area (Å²) in [7, 11) is 1.71. The lowest BCUT2D eigenvalue weighted by Crippen LogP contribution is -2.48. The highest BCUT2D eigenvalue weighted by Crippen LogP contribution is 2.25. The third-order valence-corrected chi connectivity index (χ3v) is 3.92. The number of nitrogens with zero attached hydrogens (tertiary/aromatic N) is 1. The van der Waals surface area contributed by atoms with Crippen molar-refractivity contribution in [2.24, 2.45) is 0 Å². The summed E-state index contributed by atoms with van der Waals surface area (Å²) in [6.45, 7) is 5.83. The first-order valence-electron chi connectivity index (χ1n) is 6.86. The number of rotatable bonds is 6. The molecule has 2 saturated heterocycles. The molecule has 18 heavy (non-hydrogen) atoms. The van der Waals surface area contributed by atoms with E-state index in [0.29, 0.717) is 13.2 Å². The predicted octanol–water partition coefficient (Wildman–Crippen LogP) is 0.392. The fourth-order valence-electron chi connectivity index (χ4n) is 2.69. The van der Waals surface area contributed by atoms with Crippen LogP contribution in [0.25, 0.3) is 0 Å². The van der Waals surface area contributed by atoms with Crippen LogP contribution in [0.2, 0.25) is 0 Å². The molecule has 104 valence electrons. The zero-order chi connectivity index (χ0) is 13.0. The Morgan fingerprint density at radius 3 is 3.06 bits per heavy atom. The van der Waals surface area contributed by atoms with Gasteiger partial charge in [0.25, 0.3) is 0 Å². The molecule has 2 aliphatic rings. The lowest BCUT2D eigenvalue weighted by molar-refractivity contribution is -0.133. The molecule has 0 aromatic rings. The van der Waals surface area contributed by atoms with Crippen LogP contribution in [0.1, 0.15) is 26.2 Å². The quantitative estimate of drug-likeness (QED) is 0.747. The van der Waals surface area contributed by atoms with Crippen molar-refractivity contribution in [2.75, 3.05) is 40.0 Å². The van der Waals surface area contributed by atoms with Crippen LogP contribution in [-0.2, 0) is 14.3 Å². The molecule has 2 unspecified atom stereocenters. The maximum atomic E-state index is 12.2. The fraction of sp³-hybridized carbons (Fsp3) is 0.923. The molecule has 2 atom stereocenters. The van der Waals surface area contributed by atoms with Gasteiger partial charge in [-0.15, -0.1) is 0 Å². The first kappa shape index (κ1) is 13.8. The molecule has 2 aliphatic heterocycles. The molecular weight excluding hydrogens is 232 g/mol.